The SMILES string of the molecule is CCC(O)[C@@H]1CC[C@@H](C(O)CC)[C@H](C)C1. The first-order valence-corrected chi connectivity index (χ1v) is 6.46. The van der Waals surface area contributed by atoms with Crippen LogP contribution in [0.5, 0.6) is 0 Å². The summed E-state index contributed by atoms with van der Waals surface area (Å²) < 4.78 is 0. The highest BCUT2D eigenvalue weighted by molar-refractivity contribution is 4.84. The van der Waals surface area contributed by atoms with Crippen LogP contribution in [0.3, 0.4) is 0 Å². The summed E-state index contributed by atoms with van der Waals surface area (Å²) in [6.45, 7) is 6.31. The lowest BCUT2D eigenvalue weighted by Gasteiger charge is -2.38. The highest BCUT2D eigenvalue weighted by atomic mass is 16.3. The van der Waals surface area contributed by atoms with Gasteiger partial charge in [-0.05, 0) is 49.9 Å². The van der Waals surface area contributed by atoms with Gasteiger partial charge < -0.3 is 10.2 Å². The molecule has 2 unspecified atom stereocenters. The summed E-state index contributed by atoms with van der Waals surface area (Å²) in [4.78, 5) is 0. The Morgan fingerprint density at radius 2 is 1.67 bits per heavy atom. The van der Waals surface area contributed by atoms with Gasteiger partial charge in [-0.15, -0.1) is 0 Å². The number of hydrogen-bond donors (Lipinski definition) is 2. The molecule has 0 radical (unpaired) electrons. The first-order chi connectivity index (χ1) is 7.10. The molecule has 1 fully saturated rings. The third-order valence-corrected chi connectivity index (χ3v) is 4.15. The molecular formula is C13H26O2. The maximum Gasteiger partial charge on any atom is 0.0568 e. The third kappa shape index (κ3) is 3.18. The van der Waals surface area contributed by atoms with Crippen molar-refractivity contribution < 1.29 is 10.2 Å². The van der Waals surface area contributed by atoms with E-state index in [4.69, 9.17) is 0 Å². The molecule has 0 heterocycles. The molecule has 0 aliphatic heterocycles. The van der Waals surface area contributed by atoms with Crippen molar-refractivity contribution >= 4 is 0 Å². The third-order valence-electron chi connectivity index (χ3n) is 4.15. The van der Waals surface area contributed by atoms with Crippen molar-refractivity contribution in [3.63, 3.8) is 0 Å². The lowest BCUT2D eigenvalue weighted by molar-refractivity contribution is 0.00208. The normalized spacial score (nSPS) is 36.2. The van der Waals surface area contributed by atoms with E-state index in [-0.39, 0.29) is 12.2 Å². The Morgan fingerprint density at radius 3 is 2.13 bits per heavy atom. The van der Waals surface area contributed by atoms with E-state index in [0.29, 0.717) is 17.8 Å². The quantitative estimate of drug-likeness (QED) is 0.755. The average Bonchev–Trinajstić information content (AvgIpc) is 2.26. The number of aliphatic hydroxyl groups is 2. The monoisotopic (exact) mass is 214 g/mol. The molecule has 0 aromatic carbocycles. The zero-order valence-corrected chi connectivity index (χ0v) is 10.3. The van der Waals surface area contributed by atoms with E-state index in [1.54, 1.807) is 0 Å². The maximum absolute atomic E-state index is 9.87. The zero-order chi connectivity index (χ0) is 11.4. The molecule has 1 saturated carbocycles. The molecule has 2 nitrogen and oxygen atoms in total. The van der Waals surface area contributed by atoms with Crippen molar-refractivity contribution in [3.8, 4) is 0 Å². The van der Waals surface area contributed by atoms with Crippen molar-refractivity contribution in [2.24, 2.45) is 17.8 Å². The molecule has 1 aliphatic carbocycles. The van der Waals surface area contributed by atoms with E-state index in [1.165, 1.54) is 0 Å². The predicted molar refractivity (Wildman–Crippen MR) is 62.6 cm³/mol. The van der Waals surface area contributed by atoms with Gasteiger partial charge in [-0.1, -0.05) is 20.8 Å². The van der Waals surface area contributed by atoms with Crippen LogP contribution in [0.25, 0.3) is 0 Å². The standard InChI is InChI=1S/C13H26O2/c1-4-12(14)10-6-7-11(9(3)8-10)13(15)5-2/h9-15H,4-8H2,1-3H3/t9-,10-,11-,12?,13?/m1/s1. The molecule has 0 bridgehead atoms. The van der Waals surface area contributed by atoms with Crippen LogP contribution in [0, 0.1) is 17.8 Å². The first-order valence-electron chi connectivity index (χ1n) is 6.46. The molecule has 0 aromatic heterocycles. The van der Waals surface area contributed by atoms with Crippen LogP contribution < -0.4 is 0 Å². The number of rotatable bonds is 4. The van der Waals surface area contributed by atoms with E-state index in [2.05, 4.69) is 6.92 Å². The van der Waals surface area contributed by atoms with Gasteiger partial charge in [0.25, 0.3) is 0 Å². The van der Waals surface area contributed by atoms with Gasteiger partial charge >= 0.3 is 0 Å². The first kappa shape index (κ1) is 13.0. The number of hydrogen-bond acceptors (Lipinski definition) is 2. The van der Waals surface area contributed by atoms with Crippen LogP contribution in [0.4, 0.5) is 0 Å². The summed E-state index contributed by atoms with van der Waals surface area (Å²) in [7, 11) is 0. The van der Waals surface area contributed by atoms with Crippen LogP contribution in [-0.2, 0) is 0 Å². The molecule has 0 spiro atoms. The van der Waals surface area contributed by atoms with Crippen LogP contribution in [-0.4, -0.2) is 22.4 Å². The topological polar surface area (TPSA) is 40.5 Å². The van der Waals surface area contributed by atoms with Gasteiger partial charge in [-0.25, -0.2) is 0 Å². The minimum absolute atomic E-state index is 0.132. The van der Waals surface area contributed by atoms with E-state index in [1.807, 2.05) is 13.8 Å². The van der Waals surface area contributed by atoms with Gasteiger partial charge in [0.1, 0.15) is 0 Å². The Hall–Kier alpha value is -0.0800. The number of aliphatic hydroxyl groups excluding tert-OH is 2. The molecule has 0 aromatic rings. The van der Waals surface area contributed by atoms with E-state index in [9.17, 15) is 10.2 Å². The van der Waals surface area contributed by atoms with Crippen molar-refractivity contribution in [2.75, 3.05) is 0 Å². The second-order valence-electron chi connectivity index (χ2n) is 5.17. The Bertz CT molecular complexity index is 181. The highest BCUT2D eigenvalue weighted by Gasteiger charge is 2.33. The van der Waals surface area contributed by atoms with E-state index < -0.39 is 0 Å². The molecule has 2 N–H and O–H groups in total. The van der Waals surface area contributed by atoms with Gasteiger partial charge in [0, 0.05) is 0 Å². The second kappa shape index (κ2) is 5.86. The maximum atomic E-state index is 9.87. The molecule has 90 valence electrons. The van der Waals surface area contributed by atoms with Crippen molar-refractivity contribution in [3.05, 3.63) is 0 Å². The molecular weight excluding hydrogens is 188 g/mol. The fraction of sp³-hybridized carbons (Fsp3) is 1.00. The fourth-order valence-electron chi connectivity index (χ4n) is 3.02. The molecule has 0 saturated heterocycles. The summed E-state index contributed by atoms with van der Waals surface area (Å²) in [5.74, 6) is 1.47. The lowest BCUT2D eigenvalue weighted by atomic mass is 9.70. The Morgan fingerprint density at radius 1 is 1.07 bits per heavy atom. The molecule has 5 atom stereocenters. The van der Waals surface area contributed by atoms with Crippen LogP contribution >= 0.6 is 0 Å². The minimum Gasteiger partial charge on any atom is -0.393 e. The van der Waals surface area contributed by atoms with E-state index in [0.717, 1.165) is 32.1 Å². The van der Waals surface area contributed by atoms with Crippen LogP contribution in [0.15, 0.2) is 0 Å². The van der Waals surface area contributed by atoms with Gasteiger partial charge in [-0.3, -0.25) is 0 Å². The molecule has 0 amide bonds. The molecule has 15 heavy (non-hydrogen) atoms. The Kier molecular flexibility index (Phi) is 5.07. The summed E-state index contributed by atoms with van der Waals surface area (Å²) in [6.07, 6.45) is 4.69. The van der Waals surface area contributed by atoms with Gasteiger partial charge in [0.2, 0.25) is 0 Å². The van der Waals surface area contributed by atoms with Crippen molar-refractivity contribution in [1.82, 2.24) is 0 Å². The highest BCUT2D eigenvalue weighted by Crippen LogP contribution is 2.38. The largest absolute Gasteiger partial charge is 0.393 e. The smallest absolute Gasteiger partial charge is 0.0568 e. The lowest BCUT2D eigenvalue weighted by Crippen LogP contribution is -2.35. The second-order valence-corrected chi connectivity index (χ2v) is 5.17. The summed E-state index contributed by atoms with van der Waals surface area (Å²) >= 11 is 0. The van der Waals surface area contributed by atoms with Crippen LogP contribution in [0.2, 0.25) is 0 Å². The summed E-state index contributed by atoms with van der Waals surface area (Å²) in [6, 6.07) is 0. The van der Waals surface area contributed by atoms with Crippen LogP contribution in [0.1, 0.15) is 52.9 Å². The zero-order valence-electron chi connectivity index (χ0n) is 10.3. The van der Waals surface area contributed by atoms with Crippen molar-refractivity contribution in [2.45, 2.75) is 65.1 Å². The molecule has 1 rings (SSSR count). The van der Waals surface area contributed by atoms with Gasteiger partial charge in [0.05, 0.1) is 12.2 Å². The average molecular weight is 214 g/mol. The van der Waals surface area contributed by atoms with Crippen molar-refractivity contribution in [1.29, 1.82) is 0 Å². The Labute approximate surface area is 93.7 Å². The Balaban J connectivity index is 2.47. The predicted octanol–water partition coefficient (Wildman–Crippen LogP) is 2.58. The van der Waals surface area contributed by atoms with Gasteiger partial charge in [-0.2, -0.15) is 0 Å². The minimum atomic E-state index is -0.139. The fourth-order valence-corrected chi connectivity index (χ4v) is 3.02. The molecule has 1 aliphatic rings. The van der Waals surface area contributed by atoms with Gasteiger partial charge in [0.15, 0.2) is 0 Å². The summed E-state index contributed by atoms with van der Waals surface area (Å²) in [5.41, 5.74) is 0. The summed E-state index contributed by atoms with van der Waals surface area (Å²) in [5, 5.41) is 19.7. The molecule has 2 heteroatoms. The van der Waals surface area contributed by atoms with E-state index >= 15 is 0 Å².